The molecule has 1 rings (SSSR count). The summed E-state index contributed by atoms with van der Waals surface area (Å²) < 4.78 is 5.47. The lowest BCUT2D eigenvalue weighted by Gasteiger charge is -2.03. The van der Waals surface area contributed by atoms with E-state index in [2.05, 4.69) is 6.92 Å². The Bertz CT molecular complexity index is 277. The first-order chi connectivity index (χ1) is 6.86. The summed E-state index contributed by atoms with van der Waals surface area (Å²) >= 11 is 0. The molecule has 1 aromatic rings. The number of nitrogens with two attached hydrogens (primary N) is 1. The van der Waals surface area contributed by atoms with Crippen LogP contribution in [0.4, 0.5) is 0 Å². The van der Waals surface area contributed by atoms with Gasteiger partial charge in [0.15, 0.2) is 0 Å². The Morgan fingerprint density at radius 1 is 1.29 bits per heavy atom. The molecule has 0 aliphatic rings. The van der Waals surface area contributed by atoms with Gasteiger partial charge in [0, 0.05) is 6.54 Å². The van der Waals surface area contributed by atoms with E-state index >= 15 is 0 Å². The Morgan fingerprint density at radius 2 is 2.00 bits per heavy atom. The zero-order valence-corrected chi connectivity index (χ0v) is 8.57. The third-order valence-corrected chi connectivity index (χ3v) is 1.80. The van der Waals surface area contributed by atoms with Gasteiger partial charge in [0.2, 0.25) is 0 Å². The van der Waals surface area contributed by atoms with E-state index in [0.29, 0.717) is 6.54 Å². The molecule has 0 heterocycles. The summed E-state index contributed by atoms with van der Waals surface area (Å²) in [5.74, 6) is 0.928. The van der Waals surface area contributed by atoms with Crippen LogP contribution < -0.4 is 10.5 Å². The van der Waals surface area contributed by atoms with Gasteiger partial charge in [-0.2, -0.15) is 0 Å². The highest BCUT2D eigenvalue weighted by Crippen LogP contribution is 2.13. The number of hydrogen-bond acceptors (Lipinski definition) is 2. The number of ether oxygens (including phenoxy) is 1. The molecule has 0 unspecified atom stereocenters. The van der Waals surface area contributed by atoms with Gasteiger partial charge in [0.1, 0.15) is 5.75 Å². The first kappa shape index (κ1) is 10.8. The molecule has 2 nitrogen and oxygen atoms in total. The smallest absolute Gasteiger partial charge is 0.119 e. The van der Waals surface area contributed by atoms with Gasteiger partial charge >= 0.3 is 0 Å². The van der Waals surface area contributed by atoms with Crippen molar-refractivity contribution in [1.29, 1.82) is 0 Å². The number of benzene rings is 1. The zero-order valence-electron chi connectivity index (χ0n) is 8.57. The molecule has 2 heteroatoms. The summed E-state index contributed by atoms with van der Waals surface area (Å²) in [5.41, 5.74) is 6.51. The molecule has 0 amide bonds. The van der Waals surface area contributed by atoms with E-state index < -0.39 is 0 Å². The van der Waals surface area contributed by atoms with Gasteiger partial charge in [-0.1, -0.05) is 31.2 Å². The van der Waals surface area contributed by atoms with Crippen LogP contribution in [0.1, 0.15) is 18.9 Å². The van der Waals surface area contributed by atoms with Crippen LogP contribution >= 0.6 is 0 Å². The van der Waals surface area contributed by atoms with Crippen molar-refractivity contribution in [2.45, 2.75) is 13.3 Å². The van der Waals surface area contributed by atoms with Gasteiger partial charge in [-0.05, 0) is 24.1 Å². The quantitative estimate of drug-likeness (QED) is 0.775. The maximum Gasteiger partial charge on any atom is 0.119 e. The Morgan fingerprint density at radius 3 is 2.57 bits per heavy atom. The number of hydrogen-bond donors (Lipinski definition) is 1. The van der Waals surface area contributed by atoms with E-state index in [4.69, 9.17) is 10.5 Å². The van der Waals surface area contributed by atoms with Crippen molar-refractivity contribution < 1.29 is 4.74 Å². The molecule has 0 saturated carbocycles. The summed E-state index contributed by atoms with van der Waals surface area (Å²) in [6.07, 6.45) is 4.97. The summed E-state index contributed by atoms with van der Waals surface area (Å²) in [6, 6.07) is 8.01. The third-order valence-electron chi connectivity index (χ3n) is 1.80. The van der Waals surface area contributed by atoms with Crippen LogP contribution in [0.2, 0.25) is 0 Å². The van der Waals surface area contributed by atoms with Crippen molar-refractivity contribution in [3.8, 4) is 5.75 Å². The average Bonchev–Trinajstić information content (AvgIpc) is 2.25. The molecule has 14 heavy (non-hydrogen) atoms. The van der Waals surface area contributed by atoms with Crippen LogP contribution in [0.15, 0.2) is 30.3 Å². The molecule has 0 spiro atoms. The van der Waals surface area contributed by atoms with Gasteiger partial charge in [-0.15, -0.1) is 0 Å². The molecule has 0 bridgehead atoms. The molecule has 76 valence electrons. The zero-order chi connectivity index (χ0) is 10.2. The molecule has 0 radical (unpaired) electrons. The maximum absolute atomic E-state index is 5.47. The highest BCUT2D eigenvalue weighted by Gasteiger charge is 1.91. The second-order valence-electron chi connectivity index (χ2n) is 3.06. The highest BCUT2D eigenvalue weighted by atomic mass is 16.5. The molecule has 2 N–H and O–H groups in total. The standard InChI is InChI=1S/C12H17NO/c1-2-10-14-12-7-5-11(6-8-12)4-3-9-13/h3-8H,2,9-10,13H2,1H3/b4-3+. The van der Waals surface area contributed by atoms with Crippen LogP contribution in [-0.4, -0.2) is 13.2 Å². The minimum Gasteiger partial charge on any atom is -0.494 e. The van der Waals surface area contributed by atoms with E-state index in [1.54, 1.807) is 0 Å². The van der Waals surface area contributed by atoms with Gasteiger partial charge in [0.05, 0.1) is 6.61 Å². The van der Waals surface area contributed by atoms with E-state index in [1.165, 1.54) is 0 Å². The molecule has 0 saturated heterocycles. The fourth-order valence-electron chi connectivity index (χ4n) is 1.10. The predicted octanol–water partition coefficient (Wildman–Crippen LogP) is 2.45. The van der Waals surface area contributed by atoms with Gasteiger partial charge in [-0.3, -0.25) is 0 Å². The largest absolute Gasteiger partial charge is 0.494 e. The summed E-state index contributed by atoms with van der Waals surface area (Å²) in [6.45, 7) is 3.45. The minimum atomic E-state index is 0.577. The Labute approximate surface area is 85.4 Å². The third kappa shape index (κ3) is 3.62. The van der Waals surface area contributed by atoms with Crippen molar-refractivity contribution >= 4 is 6.08 Å². The highest BCUT2D eigenvalue weighted by molar-refractivity contribution is 5.50. The molecule has 0 fully saturated rings. The van der Waals surface area contributed by atoms with Crippen LogP contribution in [0, 0.1) is 0 Å². The monoisotopic (exact) mass is 191 g/mol. The number of rotatable bonds is 5. The van der Waals surface area contributed by atoms with Crippen molar-refractivity contribution in [1.82, 2.24) is 0 Å². The van der Waals surface area contributed by atoms with E-state index in [0.717, 1.165) is 24.3 Å². The normalized spacial score (nSPS) is 10.7. The van der Waals surface area contributed by atoms with Gasteiger partial charge in [-0.25, -0.2) is 0 Å². The first-order valence-corrected chi connectivity index (χ1v) is 4.96. The minimum absolute atomic E-state index is 0.577. The molecule has 1 aromatic carbocycles. The maximum atomic E-state index is 5.47. The molecular weight excluding hydrogens is 174 g/mol. The predicted molar refractivity (Wildman–Crippen MR) is 60.3 cm³/mol. The fourth-order valence-corrected chi connectivity index (χ4v) is 1.10. The fraction of sp³-hybridized carbons (Fsp3) is 0.333. The Kier molecular flexibility index (Phi) is 4.79. The lowest BCUT2D eigenvalue weighted by atomic mass is 10.2. The van der Waals surface area contributed by atoms with E-state index in [9.17, 15) is 0 Å². The lowest BCUT2D eigenvalue weighted by Crippen LogP contribution is -1.94. The lowest BCUT2D eigenvalue weighted by molar-refractivity contribution is 0.317. The molecular formula is C12H17NO. The molecule has 0 aliphatic carbocycles. The molecule has 0 aromatic heterocycles. The van der Waals surface area contributed by atoms with E-state index in [1.807, 2.05) is 36.4 Å². The van der Waals surface area contributed by atoms with Crippen molar-refractivity contribution in [2.75, 3.05) is 13.2 Å². The van der Waals surface area contributed by atoms with Crippen molar-refractivity contribution in [3.05, 3.63) is 35.9 Å². The average molecular weight is 191 g/mol. The second-order valence-corrected chi connectivity index (χ2v) is 3.06. The molecule has 0 aliphatic heterocycles. The van der Waals surface area contributed by atoms with Crippen LogP contribution in [-0.2, 0) is 0 Å². The van der Waals surface area contributed by atoms with Gasteiger partial charge in [0.25, 0.3) is 0 Å². The Balaban J connectivity index is 2.54. The second kappa shape index (κ2) is 6.22. The van der Waals surface area contributed by atoms with Crippen molar-refractivity contribution in [3.63, 3.8) is 0 Å². The summed E-state index contributed by atoms with van der Waals surface area (Å²) in [7, 11) is 0. The molecule has 0 atom stereocenters. The summed E-state index contributed by atoms with van der Waals surface area (Å²) in [4.78, 5) is 0. The first-order valence-electron chi connectivity index (χ1n) is 4.96. The summed E-state index contributed by atoms with van der Waals surface area (Å²) in [5, 5.41) is 0. The van der Waals surface area contributed by atoms with Crippen LogP contribution in [0.5, 0.6) is 5.75 Å². The van der Waals surface area contributed by atoms with E-state index in [-0.39, 0.29) is 0 Å². The SMILES string of the molecule is CCCOc1ccc(/C=C/CN)cc1. The van der Waals surface area contributed by atoms with Gasteiger partial charge < -0.3 is 10.5 Å². The van der Waals surface area contributed by atoms with Crippen molar-refractivity contribution in [2.24, 2.45) is 5.73 Å². The van der Waals surface area contributed by atoms with Crippen LogP contribution in [0.25, 0.3) is 6.08 Å². The topological polar surface area (TPSA) is 35.2 Å². The Hall–Kier alpha value is -1.28. The van der Waals surface area contributed by atoms with Crippen LogP contribution in [0.3, 0.4) is 0 Å².